The summed E-state index contributed by atoms with van der Waals surface area (Å²) in [5.41, 5.74) is 1.56. The van der Waals surface area contributed by atoms with Gasteiger partial charge in [-0.15, -0.1) is 0 Å². The molecule has 5 saturated heterocycles. The van der Waals surface area contributed by atoms with E-state index in [1.165, 1.54) is 25.7 Å². The van der Waals surface area contributed by atoms with Crippen LogP contribution in [0, 0.1) is 0 Å². The number of imidazole rings is 3. The predicted octanol–water partition coefficient (Wildman–Crippen LogP) is 7.36. The number of nitrogens with one attached hydrogen (secondary N) is 5. The number of rotatable bonds is 12. The third-order valence-corrected chi connectivity index (χ3v) is 17.1. The summed E-state index contributed by atoms with van der Waals surface area (Å²) in [4.78, 5) is 61.4. The molecule has 0 spiro atoms. The van der Waals surface area contributed by atoms with Gasteiger partial charge in [-0.3, -0.25) is 0 Å². The summed E-state index contributed by atoms with van der Waals surface area (Å²) in [5, 5.41) is 16.6. The van der Waals surface area contributed by atoms with Crippen molar-refractivity contribution in [2.24, 2.45) is 21.1 Å². The fourth-order valence-corrected chi connectivity index (χ4v) is 11.3. The van der Waals surface area contributed by atoms with E-state index in [1.54, 1.807) is 9.80 Å². The summed E-state index contributed by atoms with van der Waals surface area (Å²) < 4.78 is 22.2. The van der Waals surface area contributed by atoms with Crippen LogP contribution >= 0.6 is 12.2 Å². The van der Waals surface area contributed by atoms with Gasteiger partial charge >= 0.3 is 18.3 Å². The number of benzene rings is 2. The van der Waals surface area contributed by atoms with Gasteiger partial charge in [-0.1, -0.05) is 60.7 Å². The van der Waals surface area contributed by atoms with Gasteiger partial charge in [0.25, 0.3) is 0 Å². The van der Waals surface area contributed by atoms with Crippen molar-refractivity contribution in [3.63, 3.8) is 0 Å². The predicted molar refractivity (Wildman–Crippen MR) is 354 cm³/mol. The Morgan fingerprint density at radius 3 is 1.33 bits per heavy atom. The molecule has 0 radical (unpaired) electrons. The van der Waals surface area contributed by atoms with Crippen molar-refractivity contribution >= 4 is 53.5 Å². The molecule has 24 heteroatoms. The number of hydrogen-bond donors (Lipinski definition) is 5. The third kappa shape index (κ3) is 23.1. The van der Waals surface area contributed by atoms with Gasteiger partial charge in [0.15, 0.2) is 5.11 Å². The van der Waals surface area contributed by atoms with E-state index in [-0.39, 0.29) is 30.4 Å². The van der Waals surface area contributed by atoms with Crippen LogP contribution in [0.25, 0.3) is 0 Å². The van der Waals surface area contributed by atoms with Gasteiger partial charge in [0.1, 0.15) is 18.8 Å². The molecular formula is C64H103N17O6S. The lowest BCUT2D eigenvalue weighted by Crippen LogP contribution is -2.48. The molecule has 5 fully saturated rings. The Kier molecular flexibility index (Phi) is 28.9. The summed E-state index contributed by atoms with van der Waals surface area (Å²) in [6.07, 6.45) is 21.1. The van der Waals surface area contributed by atoms with Crippen LogP contribution in [0.1, 0.15) is 96.1 Å². The van der Waals surface area contributed by atoms with E-state index in [0.717, 1.165) is 138 Å². The number of carbonyl (C=O) groups excluding carboxylic acids is 3. The maximum absolute atomic E-state index is 12.1. The number of ether oxygens (including phenoxy) is 3. The quantitative estimate of drug-likeness (QED) is 0.0610. The highest BCUT2D eigenvalue weighted by Gasteiger charge is 2.30. The first-order valence-corrected chi connectivity index (χ1v) is 31.8. The summed E-state index contributed by atoms with van der Waals surface area (Å²) >= 11 is 5.20. The number of hydrogen-bond acceptors (Lipinski definition) is 16. The maximum atomic E-state index is 12.1. The molecule has 5 N–H and O–H groups in total. The van der Waals surface area contributed by atoms with Crippen LogP contribution in [0.5, 0.6) is 0 Å². The van der Waals surface area contributed by atoms with Crippen molar-refractivity contribution in [3.8, 4) is 0 Å². The van der Waals surface area contributed by atoms with Crippen molar-refractivity contribution in [2.45, 2.75) is 134 Å². The molecule has 0 saturated carbocycles. The minimum absolute atomic E-state index is 0.157. The molecule has 5 aromatic rings. The first-order chi connectivity index (χ1) is 42.4. The minimum Gasteiger partial charge on any atom is -0.445 e. The summed E-state index contributed by atoms with van der Waals surface area (Å²) in [7, 11) is 15.7. The third-order valence-electron chi connectivity index (χ3n) is 16.6. The Balaban J connectivity index is 0.000000177. The second kappa shape index (κ2) is 36.4. The molecule has 10 rings (SSSR count). The lowest BCUT2D eigenvalue weighted by molar-refractivity contribution is 0.0200. The lowest BCUT2D eigenvalue weighted by Gasteiger charge is -2.37. The van der Waals surface area contributed by atoms with E-state index in [4.69, 9.17) is 26.4 Å². The van der Waals surface area contributed by atoms with Crippen molar-refractivity contribution in [2.75, 3.05) is 115 Å². The second-order valence-electron chi connectivity index (χ2n) is 24.1. The molecule has 5 aliphatic rings. The first-order valence-electron chi connectivity index (χ1n) is 31.4. The van der Waals surface area contributed by atoms with E-state index in [9.17, 15) is 14.4 Å². The van der Waals surface area contributed by atoms with Crippen LogP contribution in [0.15, 0.2) is 97.8 Å². The van der Waals surface area contributed by atoms with Gasteiger partial charge in [0.2, 0.25) is 17.8 Å². The normalized spacial score (nSPS) is 17.0. The van der Waals surface area contributed by atoms with Crippen molar-refractivity contribution in [3.05, 3.63) is 109 Å². The van der Waals surface area contributed by atoms with Crippen LogP contribution in [0.2, 0.25) is 0 Å². The Morgan fingerprint density at radius 2 is 0.943 bits per heavy atom. The largest absolute Gasteiger partial charge is 0.445 e. The van der Waals surface area contributed by atoms with Crippen LogP contribution in [-0.4, -0.2) is 203 Å². The molecule has 0 unspecified atom stereocenters. The van der Waals surface area contributed by atoms with Gasteiger partial charge < -0.3 is 83.9 Å². The van der Waals surface area contributed by atoms with E-state index in [0.29, 0.717) is 31.3 Å². The number of thiocarbonyl (C=S) groups is 1. The van der Waals surface area contributed by atoms with E-state index in [2.05, 4.69) is 70.3 Å². The summed E-state index contributed by atoms with van der Waals surface area (Å²) in [6, 6.07) is 21.5. The number of anilines is 3. The number of piperidine rings is 5. The fraction of sp³-hybridized carbons (Fsp3) is 0.609. The Hall–Kier alpha value is -7.15. The molecule has 486 valence electrons. The number of amides is 3. The van der Waals surface area contributed by atoms with Gasteiger partial charge in [-0.25, -0.2) is 29.3 Å². The zero-order chi connectivity index (χ0) is 63.4. The van der Waals surface area contributed by atoms with Gasteiger partial charge in [-0.05, 0) is 136 Å². The number of aryl methyl sites for hydroxylation is 3. The molecule has 88 heavy (non-hydrogen) atoms. The SMILES string of the molecule is CN(C(=O)OC(C)(C)C)C1CCN(c2nccn2C)CC1.CN(C(=O)OCc1ccccc1)C1CCNCC1.CNC(=S)N1CCC(NC(=O)OCc2ccccc2)CC1.CNC1CCN(c2nccn2C)CC1.CNC1CCN(c2nccn2C)CC1. The highest BCUT2D eigenvalue weighted by atomic mass is 32.1. The lowest BCUT2D eigenvalue weighted by atomic mass is 10.0. The molecule has 23 nitrogen and oxygen atoms in total. The van der Waals surface area contributed by atoms with E-state index >= 15 is 0 Å². The fourth-order valence-electron chi connectivity index (χ4n) is 11.1. The highest BCUT2D eigenvalue weighted by Crippen LogP contribution is 2.23. The monoisotopic (exact) mass is 1240 g/mol. The van der Waals surface area contributed by atoms with E-state index in [1.807, 2.05) is 180 Å². The molecule has 5 aliphatic heterocycles. The zero-order valence-corrected chi connectivity index (χ0v) is 55.2. The standard InChI is InChI=1S/C15H26N4O2.C15H21N3O2S.C14H20N2O2.2C10H18N4/c1-15(2,3)21-14(20)18(5)12-6-9-19(10-7-12)13-16-8-11-17(13)4;1-16-14(21)18-9-7-13(8-10-18)17-15(19)20-11-12-5-3-2-4-6-12;1-16(13-7-9-15-10-8-13)14(17)18-11-12-5-3-2-4-6-12;2*1-11-9-3-6-14(7-4-9)10-12-5-8-13(10)2/h8,11-12H,6-7,9-10H2,1-5H3;2-6,13H,7-11H2,1H3,(H,16,21)(H,17,19);2-6,13,15H,7-11H2,1H3;2*5,8-9,11H,3-4,6-7H2,1-2H3. The van der Waals surface area contributed by atoms with Crippen LogP contribution < -0.4 is 41.3 Å². The second-order valence-corrected chi connectivity index (χ2v) is 24.5. The topological polar surface area (TPSA) is 212 Å². The highest BCUT2D eigenvalue weighted by molar-refractivity contribution is 7.80. The number of carbonyl (C=O) groups is 3. The Bertz CT molecular complexity index is 2710. The molecule has 3 amide bonds. The molecule has 8 heterocycles. The summed E-state index contributed by atoms with van der Waals surface area (Å²) in [5.74, 6) is 3.19. The van der Waals surface area contributed by atoms with Crippen molar-refractivity contribution in [1.82, 2.24) is 69.9 Å². The number of aromatic nitrogens is 6. The Labute approximate surface area is 529 Å². The first kappa shape index (κ1) is 69.9. The van der Waals surface area contributed by atoms with Gasteiger partial charge in [0.05, 0.1) is 0 Å². The maximum Gasteiger partial charge on any atom is 0.410 e. The zero-order valence-electron chi connectivity index (χ0n) is 54.4. The number of likely N-dealkylation sites (tertiary alicyclic amines) is 1. The van der Waals surface area contributed by atoms with Crippen molar-refractivity contribution < 1.29 is 28.6 Å². The van der Waals surface area contributed by atoms with Crippen LogP contribution in [0.4, 0.5) is 32.2 Å². The Morgan fingerprint density at radius 1 is 0.557 bits per heavy atom. The average molecular weight is 1240 g/mol. The van der Waals surface area contributed by atoms with Crippen LogP contribution in [-0.2, 0) is 48.6 Å². The molecule has 0 atom stereocenters. The molecule has 0 bridgehead atoms. The van der Waals surface area contributed by atoms with Gasteiger partial charge in [-0.2, -0.15) is 0 Å². The molecular weight excluding hydrogens is 1130 g/mol. The molecule has 2 aromatic carbocycles. The smallest absolute Gasteiger partial charge is 0.410 e. The average Bonchev–Trinajstić information content (AvgIpc) is 4.33. The minimum atomic E-state index is -0.445. The number of alkyl carbamates (subject to hydrolysis) is 1. The summed E-state index contributed by atoms with van der Waals surface area (Å²) in [6.45, 7) is 16.2. The van der Waals surface area contributed by atoms with Crippen molar-refractivity contribution in [1.29, 1.82) is 0 Å². The van der Waals surface area contributed by atoms with Gasteiger partial charge in [0, 0.05) is 162 Å². The molecule has 3 aromatic heterocycles. The van der Waals surface area contributed by atoms with E-state index < -0.39 is 5.60 Å². The molecule has 0 aliphatic carbocycles. The van der Waals surface area contributed by atoms with Crippen LogP contribution in [0.3, 0.4) is 0 Å². The number of nitrogens with zero attached hydrogens (tertiary/aromatic N) is 12.